The molecule has 0 saturated carbocycles. The number of amides is 1. The smallest absolute Gasteiger partial charge is 0.289 e. The fourth-order valence-corrected chi connectivity index (χ4v) is 2.32. The SMILES string of the molecule is COc1ccc(-c2cc(C(=O)N/N=C/c3cccc(C)c3)[nH]n2)cc1. The Balaban J connectivity index is 1.66. The minimum atomic E-state index is -0.351. The van der Waals surface area contributed by atoms with Gasteiger partial charge in [0.2, 0.25) is 0 Å². The third-order valence-electron chi connectivity index (χ3n) is 3.63. The van der Waals surface area contributed by atoms with Gasteiger partial charge >= 0.3 is 0 Å². The molecule has 25 heavy (non-hydrogen) atoms. The highest BCUT2D eigenvalue weighted by atomic mass is 16.5. The van der Waals surface area contributed by atoms with Gasteiger partial charge in [-0.1, -0.05) is 29.8 Å². The van der Waals surface area contributed by atoms with Crippen LogP contribution in [0.2, 0.25) is 0 Å². The second-order valence-electron chi connectivity index (χ2n) is 5.51. The number of rotatable bonds is 5. The summed E-state index contributed by atoms with van der Waals surface area (Å²) in [5.74, 6) is 0.416. The van der Waals surface area contributed by atoms with Crippen molar-refractivity contribution < 1.29 is 9.53 Å². The zero-order chi connectivity index (χ0) is 17.6. The van der Waals surface area contributed by atoms with Crippen LogP contribution in [0.5, 0.6) is 5.75 Å². The highest BCUT2D eigenvalue weighted by Crippen LogP contribution is 2.21. The molecular weight excluding hydrogens is 316 g/mol. The van der Waals surface area contributed by atoms with Crippen molar-refractivity contribution in [2.24, 2.45) is 5.10 Å². The Bertz CT molecular complexity index is 898. The summed E-state index contributed by atoms with van der Waals surface area (Å²) >= 11 is 0. The van der Waals surface area contributed by atoms with E-state index in [4.69, 9.17) is 4.74 Å². The van der Waals surface area contributed by atoms with Gasteiger partial charge in [0.05, 0.1) is 19.0 Å². The summed E-state index contributed by atoms with van der Waals surface area (Å²) in [5, 5.41) is 10.9. The zero-order valence-corrected chi connectivity index (χ0v) is 14.0. The van der Waals surface area contributed by atoms with Crippen molar-refractivity contribution in [1.82, 2.24) is 15.6 Å². The Morgan fingerprint density at radius 1 is 1.20 bits per heavy atom. The first-order chi connectivity index (χ1) is 12.2. The number of nitrogens with zero attached hydrogens (tertiary/aromatic N) is 2. The third-order valence-corrected chi connectivity index (χ3v) is 3.63. The van der Waals surface area contributed by atoms with Gasteiger partial charge in [-0.3, -0.25) is 9.89 Å². The molecule has 0 radical (unpaired) electrons. The molecule has 126 valence electrons. The van der Waals surface area contributed by atoms with Gasteiger partial charge in [0.25, 0.3) is 5.91 Å². The summed E-state index contributed by atoms with van der Waals surface area (Å²) in [5.41, 5.74) is 6.45. The summed E-state index contributed by atoms with van der Waals surface area (Å²) in [6.07, 6.45) is 1.60. The van der Waals surface area contributed by atoms with Crippen LogP contribution >= 0.6 is 0 Å². The standard InChI is InChI=1S/C19H18N4O2/c1-13-4-3-5-14(10-13)12-20-23-19(24)18-11-17(21-22-18)15-6-8-16(25-2)9-7-15/h3-12H,1-2H3,(H,21,22)(H,23,24)/b20-12+. The number of H-pyrrole nitrogens is 1. The van der Waals surface area contributed by atoms with Crippen LogP contribution in [0.4, 0.5) is 0 Å². The Hall–Kier alpha value is -3.41. The summed E-state index contributed by atoms with van der Waals surface area (Å²) in [7, 11) is 1.61. The number of ether oxygens (including phenoxy) is 1. The number of aromatic nitrogens is 2. The number of benzene rings is 2. The van der Waals surface area contributed by atoms with Crippen LogP contribution in [0.1, 0.15) is 21.6 Å². The maximum atomic E-state index is 12.1. The van der Waals surface area contributed by atoms with Crippen molar-refractivity contribution in [1.29, 1.82) is 0 Å². The lowest BCUT2D eigenvalue weighted by molar-refractivity contribution is 0.0950. The van der Waals surface area contributed by atoms with Gasteiger partial charge < -0.3 is 4.74 Å². The molecule has 6 nitrogen and oxygen atoms in total. The third kappa shape index (κ3) is 4.11. The maximum Gasteiger partial charge on any atom is 0.289 e. The second-order valence-corrected chi connectivity index (χ2v) is 5.51. The summed E-state index contributed by atoms with van der Waals surface area (Å²) < 4.78 is 5.13. The molecule has 0 aliphatic carbocycles. The van der Waals surface area contributed by atoms with E-state index in [1.165, 1.54) is 0 Å². The average Bonchev–Trinajstić information content (AvgIpc) is 3.12. The van der Waals surface area contributed by atoms with E-state index in [0.717, 1.165) is 22.4 Å². The Labute approximate surface area is 145 Å². The number of carbonyl (C=O) groups is 1. The number of aryl methyl sites for hydroxylation is 1. The fourth-order valence-electron chi connectivity index (χ4n) is 2.32. The maximum absolute atomic E-state index is 12.1. The van der Waals surface area contributed by atoms with E-state index in [-0.39, 0.29) is 5.91 Å². The summed E-state index contributed by atoms with van der Waals surface area (Å²) in [6, 6.07) is 17.0. The molecule has 0 aliphatic heterocycles. The fraction of sp³-hybridized carbons (Fsp3) is 0.105. The predicted molar refractivity (Wildman–Crippen MR) is 96.8 cm³/mol. The van der Waals surface area contributed by atoms with Crippen molar-refractivity contribution in [3.63, 3.8) is 0 Å². The number of methoxy groups -OCH3 is 1. The molecule has 2 N–H and O–H groups in total. The van der Waals surface area contributed by atoms with Gasteiger partial charge in [-0.15, -0.1) is 0 Å². The molecule has 0 spiro atoms. The van der Waals surface area contributed by atoms with Gasteiger partial charge in [-0.05, 0) is 42.8 Å². The van der Waals surface area contributed by atoms with Crippen molar-refractivity contribution >= 4 is 12.1 Å². The number of hydrogen-bond acceptors (Lipinski definition) is 4. The van der Waals surface area contributed by atoms with Crippen molar-refractivity contribution in [3.8, 4) is 17.0 Å². The molecule has 6 heteroatoms. The molecule has 0 saturated heterocycles. The molecule has 1 aromatic heterocycles. The normalized spacial score (nSPS) is 10.8. The van der Waals surface area contributed by atoms with E-state index < -0.39 is 0 Å². The number of hydrazone groups is 1. The quantitative estimate of drug-likeness (QED) is 0.556. The molecule has 2 aromatic carbocycles. The summed E-state index contributed by atoms with van der Waals surface area (Å²) in [4.78, 5) is 12.1. The number of nitrogens with one attached hydrogen (secondary N) is 2. The number of carbonyl (C=O) groups excluding carboxylic acids is 1. The monoisotopic (exact) mass is 334 g/mol. The second kappa shape index (κ2) is 7.44. The van der Waals surface area contributed by atoms with E-state index in [2.05, 4.69) is 20.7 Å². The van der Waals surface area contributed by atoms with Crippen LogP contribution in [-0.4, -0.2) is 29.4 Å². The zero-order valence-electron chi connectivity index (χ0n) is 14.0. The molecule has 0 bridgehead atoms. The van der Waals surface area contributed by atoms with E-state index >= 15 is 0 Å². The number of hydrogen-bond donors (Lipinski definition) is 2. The topological polar surface area (TPSA) is 79.4 Å². The molecule has 3 rings (SSSR count). The van der Waals surface area contributed by atoms with Gasteiger partial charge in [0.1, 0.15) is 11.4 Å². The van der Waals surface area contributed by atoms with Crippen LogP contribution in [0.25, 0.3) is 11.3 Å². The molecule has 3 aromatic rings. The predicted octanol–water partition coefficient (Wildman–Crippen LogP) is 3.16. The lowest BCUT2D eigenvalue weighted by Gasteiger charge is -2.00. The van der Waals surface area contributed by atoms with E-state index in [1.54, 1.807) is 19.4 Å². The minimum Gasteiger partial charge on any atom is -0.497 e. The van der Waals surface area contributed by atoms with Crippen molar-refractivity contribution in [2.45, 2.75) is 6.92 Å². The Morgan fingerprint density at radius 3 is 2.72 bits per heavy atom. The first-order valence-corrected chi connectivity index (χ1v) is 7.75. The van der Waals surface area contributed by atoms with Crippen LogP contribution in [0.3, 0.4) is 0 Å². The molecular formula is C19H18N4O2. The van der Waals surface area contributed by atoms with Crippen LogP contribution < -0.4 is 10.2 Å². The molecule has 0 fully saturated rings. The minimum absolute atomic E-state index is 0.340. The largest absolute Gasteiger partial charge is 0.497 e. The van der Waals surface area contributed by atoms with Crippen LogP contribution in [0, 0.1) is 6.92 Å². The molecule has 0 atom stereocenters. The number of aromatic amines is 1. The Morgan fingerprint density at radius 2 is 2.00 bits per heavy atom. The van der Waals surface area contributed by atoms with E-state index in [0.29, 0.717) is 11.4 Å². The van der Waals surface area contributed by atoms with Gasteiger partial charge in [0.15, 0.2) is 0 Å². The first-order valence-electron chi connectivity index (χ1n) is 7.75. The molecule has 0 unspecified atom stereocenters. The van der Waals surface area contributed by atoms with Crippen LogP contribution in [-0.2, 0) is 0 Å². The van der Waals surface area contributed by atoms with Gasteiger partial charge in [0, 0.05) is 5.56 Å². The molecule has 0 aliphatic rings. The van der Waals surface area contributed by atoms with E-state index in [1.807, 2.05) is 55.5 Å². The lowest BCUT2D eigenvalue weighted by atomic mass is 10.1. The summed E-state index contributed by atoms with van der Waals surface area (Å²) in [6.45, 7) is 2.00. The van der Waals surface area contributed by atoms with E-state index in [9.17, 15) is 4.79 Å². The van der Waals surface area contributed by atoms with Gasteiger partial charge in [-0.25, -0.2) is 5.43 Å². The van der Waals surface area contributed by atoms with Crippen molar-refractivity contribution in [2.75, 3.05) is 7.11 Å². The van der Waals surface area contributed by atoms with Crippen LogP contribution in [0.15, 0.2) is 59.7 Å². The first kappa shape index (κ1) is 16.4. The highest BCUT2D eigenvalue weighted by Gasteiger charge is 2.10. The highest BCUT2D eigenvalue weighted by molar-refractivity contribution is 5.94. The Kier molecular flexibility index (Phi) is 4.89. The average molecular weight is 334 g/mol. The molecule has 1 amide bonds. The molecule has 1 heterocycles. The van der Waals surface area contributed by atoms with Gasteiger partial charge in [-0.2, -0.15) is 10.2 Å². The lowest BCUT2D eigenvalue weighted by Crippen LogP contribution is -2.18. The van der Waals surface area contributed by atoms with Crippen molar-refractivity contribution in [3.05, 3.63) is 71.4 Å².